The zero-order chi connectivity index (χ0) is 12.3. The maximum Gasteiger partial charge on any atom is 0.139 e. The molecule has 0 spiro atoms. The summed E-state index contributed by atoms with van der Waals surface area (Å²) in [5.74, 6) is 6.38. The fourth-order valence-electron chi connectivity index (χ4n) is 1.60. The molecule has 0 fully saturated rings. The van der Waals surface area contributed by atoms with Gasteiger partial charge in [0.05, 0.1) is 0 Å². The molecule has 0 aromatic heterocycles. The summed E-state index contributed by atoms with van der Waals surface area (Å²) in [5, 5.41) is 0. The second kappa shape index (κ2) is 4.93. The van der Waals surface area contributed by atoms with Gasteiger partial charge in [-0.15, -0.1) is 0 Å². The van der Waals surface area contributed by atoms with E-state index < -0.39 is 0 Å². The van der Waals surface area contributed by atoms with Crippen molar-refractivity contribution < 1.29 is 0 Å². The number of rotatable bonds is 0. The first kappa shape index (κ1) is 11.5. The summed E-state index contributed by atoms with van der Waals surface area (Å²) in [4.78, 5) is 0. The number of benzene rings is 2. The van der Waals surface area contributed by atoms with Crippen LogP contribution >= 0.6 is 0 Å². The zero-order valence-electron chi connectivity index (χ0n) is 10.5. The zero-order valence-corrected chi connectivity index (χ0v) is 10.5. The standard InChI is InChI=1S/C16H15B/c1-12-3-6-14(7-4-12)9-10-15-8-5-13(2)16(17)11-15/h3-8,11H,17H2,1-2H3. The Balaban J connectivity index is 2.26. The van der Waals surface area contributed by atoms with Crippen LogP contribution in [0.25, 0.3) is 0 Å². The van der Waals surface area contributed by atoms with Crippen LogP contribution in [0.1, 0.15) is 22.3 Å². The van der Waals surface area contributed by atoms with Gasteiger partial charge in [0.25, 0.3) is 0 Å². The molecule has 0 aliphatic rings. The van der Waals surface area contributed by atoms with Crippen molar-refractivity contribution >= 4 is 13.3 Å². The summed E-state index contributed by atoms with van der Waals surface area (Å²) in [6, 6.07) is 14.6. The first-order valence-corrected chi connectivity index (χ1v) is 5.81. The minimum atomic E-state index is 1.06. The normalized spacial score (nSPS) is 9.53. The van der Waals surface area contributed by atoms with Crippen molar-refractivity contribution in [3.63, 3.8) is 0 Å². The molecular weight excluding hydrogens is 203 g/mol. The summed E-state index contributed by atoms with van der Waals surface area (Å²) in [7, 11) is 2.12. The Hall–Kier alpha value is -1.94. The number of hydrogen-bond donors (Lipinski definition) is 0. The van der Waals surface area contributed by atoms with Crippen LogP contribution in [-0.4, -0.2) is 7.85 Å². The highest BCUT2D eigenvalue weighted by Gasteiger charge is 1.92. The molecule has 0 saturated carbocycles. The van der Waals surface area contributed by atoms with Gasteiger partial charge >= 0.3 is 0 Å². The van der Waals surface area contributed by atoms with Crippen LogP contribution in [0.15, 0.2) is 42.5 Å². The topological polar surface area (TPSA) is 0 Å². The summed E-state index contributed by atoms with van der Waals surface area (Å²) < 4.78 is 0. The molecule has 0 radical (unpaired) electrons. The minimum absolute atomic E-state index is 1.06. The van der Waals surface area contributed by atoms with Crippen molar-refractivity contribution in [1.82, 2.24) is 0 Å². The smallest absolute Gasteiger partial charge is 0.0849 e. The highest BCUT2D eigenvalue weighted by atomic mass is 13.9. The molecule has 0 unspecified atom stereocenters. The van der Waals surface area contributed by atoms with Crippen molar-refractivity contribution in [2.45, 2.75) is 13.8 Å². The minimum Gasteiger partial charge on any atom is -0.0849 e. The van der Waals surface area contributed by atoms with Gasteiger partial charge in [-0.3, -0.25) is 0 Å². The Kier molecular flexibility index (Phi) is 3.35. The van der Waals surface area contributed by atoms with Crippen LogP contribution in [0.3, 0.4) is 0 Å². The van der Waals surface area contributed by atoms with E-state index in [1.165, 1.54) is 16.6 Å². The van der Waals surface area contributed by atoms with E-state index in [-0.39, 0.29) is 0 Å². The quantitative estimate of drug-likeness (QED) is 0.468. The van der Waals surface area contributed by atoms with Gasteiger partial charge in [0, 0.05) is 11.1 Å². The molecule has 0 heterocycles. The van der Waals surface area contributed by atoms with E-state index in [2.05, 4.69) is 76.0 Å². The largest absolute Gasteiger partial charge is 0.139 e. The first-order valence-electron chi connectivity index (χ1n) is 5.81. The highest BCUT2D eigenvalue weighted by Crippen LogP contribution is 2.02. The third kappa shape index (κ3) is 3.01. The number of hydrogen-bond acceptors (Lipinski definition) is 0. The lowest BCUT2D eigenvalue weighted by atomic mass is 9.90. The summed E-state index contributed by atoms with van der Waals surface area (Å²) in [6.45, 7) is 4.20. The van der Waals surface area contributed by atoms with E-state index in [0.29, 0.717) is 0 Å². The summed E-state index contributed by atoms with van der Waals surface area (Å²) >= 11 is 0. The Labute approximate surface area is 104 Å². The average Bonchev–Trinajstić information content (AvgIpc) is 2.33. The lowest BCUT2D eigenvalue weighted by Crippen LogP contribution is -2.06. The fraction of sp³-hybridized carbons (Fsp3) is 0.125. The summed E-state index contributed by atoms with van der Waals surface area (Å²) in [5.41, 5.74) is 6.01. The third-order valence-corrected chi connectivity index (χ3v) is 2.91. The Morgan fingerprint density at radius 1 is 0.824 bits per heavy atom. The van der Waals surface area contributed by atoms with Crippen LogP contribution in [-0.2, 0) is 0 Å². The molecule has 0 aliphatic carbocycles. The molecule has 0 atom stereocenters. The molecule has 0 saturated heterocycles. The van der Waals surface area contributed by atoms with Gasteiger partial charge in [-0.1, -0.05) is 52.7 Å². The van der Waals surface area contributed by atoms with E-state index in [4.69, 9.17) is 0 Å². The van der Waals surface area contributed by atoms with Gasteiger partial charge in [0.1, 0.15) is 7.85 Å². The molecule has 2 aromatic rings. The van der Waals surface area contributed by atoms with E-state index in [9.17, 15) is 0 Å². The maximum absolute atomic E-state index is 3.20. The molecule has 1 heteroatoms. The van der Waals surface area contributed by atoms with Crippen molar-refractivity contribution in [1.29, 1.82) is 0 Å². The van der Waals surface area contributed by atoms with Gasteiger partial charge in [-0.25, -0.2) is 0 Å². The summed E-state index contributed by atoms with van der Waals surface area (Å²) in [6.07, 6.45) is 0. The SMILES string of the molecule is Bc1cc(C#Cc2ccc(C)cc2)ccc1C. The van der Waals surface area contributed by atoms with Gasteiger partial charge in [0.15, 0.2) is 0 Å². The molecule has 82 valence electrons. The lowest BCUT2D eigenvalue weighted by molar-refractivity contribution is 1.46. The molecule has 0 nitrogen and oxygen atoms in total. The van der Waals surface area contributed by atoms with Gasteiger partial charge < -0.3 is 0 Å². The molecule has 17 heavy (non-hydrogen) atoms. The number of aryl methyl sites for hydroxylation is 2. The second-order valence-electron chi connectivity index (χ2n) is 4.42. The van der Waals surface area contributed by atoms with Crippen molar-refractivity contribution in [2.24, 2.45) is 0 Å². The molecule has 0 bridgehead atoms. The average molecular weight is 218 g/mol. The maximum atomic E-state index is 3.20. The second-order valence-corrected chi connectivity index (χ2v) is 4.42. The van der Waals surface area contributed by atoms with Crippen molar-refractivity contribution in [3.05, 3.63) is 64.7 Å². The molecule has 0 aliphatic heterocycles. The Bertz CT molecular complexity index is 583. The highest BCUT2D eigenvalue weighted by molar-refractivity contribution is 6.33. The van der Waals surface area contributed by atoms with Crippen LogP contribution in [0.4, 0.5) is 0 Å². The molecule has 2 aromatic carbocycles. The van der Waals surface area contributed by atoms with Crippen molar-refractivity contribution in [3.8, 4) is 11.8 Å². The van der Waals surface area contributed by atoms with Crippen LogP contribution in [0, 0.1) is 25.7 Å². The van der Waals surface area contributed by atoms with E-state index >= 15 is 0 Å². The molecule has 2 rings (SSSR count). The molecule has 0 amide bonds. The Morgan fingerprint density at radius 2 is 1.41 bits per heavy atom. The predicted octanol–water partition coefficient (Wildman–Crippen LogP) is 1.96. The lowest BCUT2D eigenvalue weighted by Gasteiger charge is -1.99. The van der Waals surface area contributed by atoms with E-state index in [1.54, 1.807) is 0 Å². The van der Waals surface area contributed by atoms with Crippen molar-refractivity contribution in [2.75, 3.05) is 0 Å². The third-order valence-electron chi connectivity index (χ3n) is 2.91. The van der Waals surface area contributed by atoms with Crippen LogP contribution in [0.2, 0.25) is 0 Å². The van der Waals surface area contributed by atoms with E-state index in [0.717, 1.165) is 11.1 Å². The van der Waals surface area contributed by atoms with Gasteiger partial charge in [0.2, 0.25) is 0 Å². The van der Waals surface area contributed by atoms with Gasteiger partial charge in [-0.2, -0.15) is 0 Å². The first-order chi connectivity index (χ1) is 8.15. The van der Waals surface area contributed by atoms with Crippen LogP contribution < -0.4 is 5.46 Å². The Morgan fingerprint density at radius 3 is 2.06 bits per heavy atom. The fourth-order valence-corrected chi connectivity index (χ4v) is 1.60. The monoisotopic (exact) mass is 218 g/mol. The molecule has 0 N–H and O–H groups in total. The van der Waals surface area contributed by atoms with E-state index in [1.807, 2.05) is 0 Å². The molecular formula is C16H15B. The van der Waals surface area contributed by atoms with Crippen LogP contribution in [0.5, 0.6) is 0 Å². The predicted molar refractivity (Wildman–Crippen MR) is 76.5 cm³/mol. The van der Waals surface area contributed by atoms with Gasteiger partial charge in [-0.05, 0) is 32.0 Å².